The van der Waals surface area contributed by atoms with Crippen LogP contribution in [0.4, 0.5) is 0 Å². The van der Waals surface area contributed by atoms with Gasteiger partial charge in [0, 0.05) is 18.5 Å². The van der Waals surface area contributed by atoms with Gasteiger partial charge in [0.1, 0.15) is 6.04 Å². The maximum Gasteiger partial charge on any atom is 0.323 e. The molecule has 3 saturated carbocycles. The Morgan fingerprint density at radius 2 is 1.71 bits per heavy atom. The van der Waals surface area contributed by atoms with E-state index in [1.54, 1.807) is 0 Å². The first-order chi connectivity index (χ1) is 16.5. The molecule has 192 valence electrons. The van der Waals surface area contributed by atoms with Crippen LogP contribution in [0.2, 0.25) is 0 Å². The van der Waals surface area contributed by atoms with E-state index in [1.165, 1.54) is 44.9 Å². The molecule has 7 unspecified atom stereocenters. The van der Waals surface area contributed by atoms with Crippen molar-refractivity contribution >= 4 is 11.8 Å². The van der Waals surface area contributed by atoms with Gasteiger partial charge < -0.3 is 15.4 Å². The Bertz CT molecular complexity index is 719. The molecule has 5 rings (SSSR count). The zero-order valence-corrected chi connectivity index (χ0v) is 21.4. The van der Waals surface area contributed by atoms with E-state index in [2.05, 4.69) is 16.8 Å². The highest BCUT2D eigenvalue weighted by Crippen LogP contribution is 2.47. The predicted molar refractivity (Wildman–Crippen MR) is 136 cm³/mol. The second kappa shape index (κ2) is 10.9. The van der Waals surface area contributed by atoms with E-state index in [0.717, 1.165) is 75.9 Å². The molecule has 0 aromatic rings. The Hall–Kier alpha value is -1.14. The van der Waals surface area contributed by atoms with Crippen LogP contribution in [0.5, 0.6) is 0 Å². The number of ether oxygens (including phenoxy) is 1. The Morgan fingerprint density at radius 3 is 2.50 bits per heavy atom. The summed E-state index contributed by atoms with van der Waals surface area (Å²) in [5.41, 5.74) is 5.97. The molecule has 0 spiro atoms. The molecule has 5 aliphatic rings. The minimum atomic E-state index is -0.0871. The maximum absolute atomic E-state index is 13.5. The van der Waals surface area contributed by atoms with Gasteiger partial charge in [0.15, 0.2) is 0 Å². The van der Waals surface area contributed by atoms with E-state index in [4.69, 9.17) is 15.9 Å². The molecule has 0 radical (unpaired) electrons. The Kier molecular flexibility index (Phi) is 7.84. The largest absolute Gasteiger partial charge is 0.464 e. The van der Waals surface area contributed by atoms with Crippen LogP contribution in [0.3, 0.4) is 0 Å². The predicted octanol–water partition coefficient (Wildman–Crippen LogP) is 4.27. The van der Waals surface area contributed by atoms with Crippen LogP contribution in [-0.4, -0.2) is 67.0 Å². The van der Waals surface area contributed by atoms with Crippen LogP contribution < -0.4 is 5.73 Å². The number of nitrogens with zero attached hydrogens (tertiary/aromatic N) is 2. The topological polar surface area (TPSA) is 82.6 Å². The zero-order chi connectivity index (χ0) is 23.7. The van der Waals surface area contributed by atoms with Crippen LogP contribution >= 0.6 is 0 Å². The van der Waals surface area contributed by atoms with Crippen molar-refractivity contribution in [1.29, 1.82) is 5.41 Å². The molecule has 3 N–H and O–H groups in total. The fourth-order valence-corrected chi connectivity index (χ4v) is 8.41. The van der Waals surface area contributed by atoms with Crippen molar-refractivity contribution in [2.24, 2.45) is 41.2 Å². The molecule has 0 amide bonds. The molecule has 7 atom stereocenters. The molecular formula is C28H48N4O2. The van der Waals surface area contributed by atoms with E-state index in [0.29, 0.717) is 30.3 Å². The fourth-order valence-electron chi connectivity index (χ4n) is 8.41. The first-order valence-electron chi connectivity index (χ1n) is 14.4. The van der Waals surface area contributed by atoms with Crippen LogP contribution in [0.15, 0.2) is 0 Å². The molecule has 3 aliphatic carbocycles. The van der Waals surface area contributed by atoms with Crippen molar-refractivity contribution in [2.45, 2.75) is 95.6 Å². The number of carbonyl (C=O) groups excluding carboxylic acids is 1. The van der Waals surface area contributed by atoms with Gasteiger partial charge in [0.25, 0.3) is 0 Å². The summed E-state index contributed by atoms with van der Waals surface area (Å²) in [6.07, 6.45) is 16.0. The van der Waals surface area contributed by atoms with Crippen molar-refractivity contribution in [3.8, 4) is 0 Å². The van der Waals surface area contributed by atoms with Gasteiger partial charge in [-0.25, -0.2) is 0 Å². The number of amidine groups is 1. The number of esters is 1. The van der Waals surface area contributed by atoms with Crippen molar-refractivity contribution in [3.63, 3.8) is 0 Å². The van der Waals surface area contributed by atoms with Crippen LogP contribution in [0.1, 0.15) is 83.5 Å². The first kappa shape index (κ1) is 24.5. The standard InChI is InChI=1S/C28H48N4O2/c1-31-13-11-19(12-14-31)18-34-28(33)26-15-21-9-10-22(27(29)30)16-25(21)32(26)17-23-7-4-6-20-5-2-3-8-24(20)23/h19-26H,2-18H2,1H3,(H3,29,30). The monoisotopic (exact) mass is 472 g/mol. The van der Waals surface area contributed by atoms with Crippen molar-refractivity contribution < 1.29 is 9.53 Å². The van der Waals surface area contributed by atoms with Crippen molar-refractivity contribution in [1.82, 2.24) is 9.80 Å². The summed E-state index contributed by atoms with van der Waals surface area (Å²) in [5, 5.41) is 8.07. The van der Waals surface area contributed by atoms with Crippen molar-refractivity contribution in [3.05, 3.63) is 0 Å². The molecule has 2 heterocycles. The lowest BCUT2D eigenvalue weighted by Crippen LogP contribution is -2.49. The lowest BCUT2D eigenvalue weighted by Gasteiger charge is -2.45. The number of hydrogen-bond acceptors (Lipinski definition) is 5. The van der Waals surface area contributed by atoms with E-state index >= 15 is 0 Å². The molecule has 0 aromatic carbocycles. The summed E-state index contributed by atoms with van der Waals surface area (Å²) in [6.45, 7) is 3.87. The van der Waals surface area contributed by atoms with Gasteiger partial charge in [0.2, 0.25) is 0 Å². The maximum atomic E-state index is 13.5. The molecule has 34 heavy (non-hydrogen) atoms. The quantitative estimate of drug-likeness (QED) is 0.343. The minimum Gasteiger partial charge on any atom is -0.464 e. The number of likely N-dealkylation sites (tertiary alicyclic amines) is 2. The summed E-state index contributed by atoms with van der Waals surface area (Å²) in [7, 11) is 2.18. The number of carbonyl (C=O) groups is 1. The van der Waals surface area contributed by atoms with E-state index in [-0.39, 0.29) is 17.9 Å². The summed E-state index contributed by atoms with van der Waals surface area (Å²) >= 11 is 0. The third kappa shape index (κ3) is 5.33. The molecule has 0 bridgehead atoms. The van der Waals surface area contributed by atoms with E-state index in [9.17, 15) is 4.79 Å². The average Bonchev–Trinajstić information content (AvgIpc) is 3.21. The SMILES string of the molecule is CN1CCC(COC(=O)C2CC3CCC(C(=N)N)CC3N2CC2CCCC3CCCCC32)CC1. The third-order valence-corrected chi connectivity index (χ3v) is 10.5. The second-order valence-electron chi connectivity index (χ2n) is 12.5. The molecule has 0 aromatic heterocycles. The van der Waals surface area contributed by atoms with Crippen LogP contribution in [0, 0.1) is 40.9 Å². The molecule has 6 nitrogen and oxygen atoms in total. The van der Waals surface area contributed by atoms with Gasteiger partial charge in [-0.3, -0.25) is 15.1 Å². The lowest BCUT2D eigenvalue weighted by atomic mass is 9.65. The van der Waals surface area contributed by atoms with E-state index < -0.39 is 0 Å². The molecule has 2 saturated heterocycles. The number of nitrogens with two attached hydrogens (primary N) is 1. The van der Waals surface area contributed by atoms with E-state index in [1.807, 2.05) is 0 Å². The molecule has 2 aliphatic heterocycles. The third-order valence-electron chi connectivity index (χ3n) is 10.5. The number of nitrogens with one attached hydrogen (secondary N) is 1. The lowest BCUT2D eigenvalue weighted by molar-refractivity contribution is -0.152. The molecule has 5 fully saturated rings. The van der Waals surface area contributed by atoms with Crippen LogP contribution in [-0.2, 0) is 9.53 Å². The summed E-state index contributed by atoms with van der Waals surface area (Å²) in [6, 6.07) is 0.309. The number of fused-ring (bicyclic) bond motifs is 2. The molecule has 6 heteroatoms. The Morgan fingerprint density at radius 1 is 0.941 bits per heavy atom. The van der Waals surface area contributed by atoms with Gasteiger partial charge in [-0.05, 0) is 101 Å². The first-order valence-corrected chi connectivity index (χ1v) is 14.4. The van der Waals surface area contributed by atoms with Crippen LogP contribution in [0.25, 0.3) is 0 Å². The zero-order valence-electron chi connectivity index (χ0n) is 21.4. The van der Waals surface area contributed by atoms with Gasteiger partial charge in [-0.2, -0.15) is 0 Å². The summed E-state index contributed by atoms with van der Waals surface area (Å²) < 4.78 is 6.04. The van der Waals surface area contributed by atoms with Gasteiger partial charge in [0.05, 0.1) is 12.4 Å². The summed E-state index contributed by atoms with van der Waals surface area (Å²) in [4.78, 5) is 18.5. The fraction of sp³-hybridized carbons (Fsp3) is 0.929. The van der Waals surface area contributed by atoms with Gasteiger partial charge >= 0.3 is 5.97 Å². The van der Waals surface area contributed by atoms with Gasteiger partial charge in [-0.1, -0.05) is 32.1 Å². The normalized spacial score (nSPS) is 39.9. The number of piperidine rings is 1. The highest BCUT2D eigenvalue weighted by atomic mass is 16.5. The van der Waals surface area contributed by atoms with Crippen molar-refractivity contribution in [2.75, 3.05) is 33.3 Å². The smallest absolute Gasteiger partial charge is 0.323 e. The minimum absolute atomic E-state index is 0.0312. The highest BCUT2D eigenvalue weighted by molar-refractivity contribution is 5.80. The Balaban J connectivity index is 1.28. The number of rotatable bonds is 6. The molecular weight excluding hydrogens is 424 g/mol. The van der Waals surface area contributed by atoms with Gasteiger partial charge in [-0.15, -0.1) is 0 Å². The average molecular weight is 473 g/mol. The highest BCUT2D eigenvalue weighted by Gasteiger charge is 2.49. The second-order valence-corrected chi connectivity index (χ2v) is 12.5. The summed E-state index contributed by atoms with van der Waals surface area (Å²) in [5.74, 6) is 4.12. The Labute approximate surface area is 206 Å². The number of hydrogen-bond donors (Lipinski definition) is 2.